The summed E-state index contributed by atoms with van der Waals surface area (Å²) in [5.74, 6) is 5.69. The maximum absolute atomic E-state index is 6.22. The van der Waals surface area contributed by atoms with Gasteiger partial charge in [-0.15, -0.1) is 0 Å². The molecule has 1 aromatic carbocycles. The van der Waals surface area contributed by atoms with E-state index in [2.05, 4.69) is 26.5 Å². The molecule has 2 aromatic rings. The molecule has 96 valence electrons. The Morgan fingerprint density at radius 1 is 1.50 bits per heavy atom. The van der Waals surface area contributed by atoms with Gasteiger partial charge in [-0.25, -0.2) is 5.43 Å². The van der Waals surface area contributed by atoms with Crippen molar-refractivity contribution in [2.45, 2.75) is 19.5 Å². The van der Waals surface area contributed by atoms with Crippen LogP contribution in [-0.2, 0) is 6.54 Å². The minimum Gasteiger partial charge on any atom is -0.271 e. The molecule has 0 bridgehead atoms. The van der Waals surface area contributed by atoms with Crippen LogP contribution in [0.15, 0.2) is 34.9 Å². The zero-order valence-corrected chi connectivity index (χ0v) is 12.2. The molecule has 0 fully saturated rings. The second kappa shape index (κ2) is 5.84. The first kappa shape index (κ1) is 13.5. The van der Waals surface area contributed by atoms with Crippen molar-refractivity contribution >= 4 is 27.5 Å². The van der Waals surface area contributed by atoms with Crippen LogP contribution < -0.4 is 11.3 Å². The molecule has 0 radical (unpaired) electrons. The molecule has 4 nitrogen and oxygen atoms in total. The number of benzene rings is 1. The lowest BCUT2D eigenvalue weighted by Crippen LogP contribution is -2.31. The van der Waals surface area contributed by atoms with E-state index >= 15 is 0 Å². The van der Waals surface area contributed by atoms with Gasteiger partial charge in [0.05, 0.1) is 22.4 Å². The number of aromatic nitrogens is 2. The Labute approximate surface area is 119 Å². The van der Waals surface area contributed by atoms with E-state index in [1.807, 2.05) is 35.9 Å². The molecule has 0 aliphatic carbocycles. The topological polar surface area (TPSA) is 55.9 Å². The van der Waals surface area contributed by atoms with Crippen LogP contribution in [0.4, 0.5) is 0 Å². The molecule has 1 aromatic heterocycles. The van der Waals surface area contributed by atoms with Gasteiger partial charge < -0.3 is 0 Å². The monoisotopic (exact) mass is 328 g/mol. The van der Waals surface area contributed by atoms with Crippen molar-refractivity contribution in [1.82, 2.24) is 15.2 Å². The molecule has 6 heteroatoms. The maximum atomic E-state index is 6.22. The molecule has 0 aliphatic heterocycles. The SMILES string of the molecule is CCn1ncc(Br)c1C(NN)c1ccccc1Cl. The summed E-state index contributed by atoms with van der Waals surface area (Å²) >= 11 is 9.72. The van der Waals surface area contributed by atoms with Gasteiger partial charge >= 0.3 is 0 Å². The molecule has 1 atom stereocenters. The van der Waals surface area contributed by atoms with Crippen LogP contribution in [0.25, 0.3) is 0 Å². The molecular formula is C12H14BrClN4. The first-order valence-electron chi connectivity index (χ1n) is 5.60. The summed E-state index contributed by atoms with van der Waals surface area (Å²) in [6.07, 6.45) is 1.76. The number of nitrogens with zero attached hydrogens (tertiary/aromatic N) is 2. The van der Waals surface area contributed by atoms with Gasteiger partial charge in [-0.2, -0.15) is 5.10 Å². The third kappa shape index (κ3) is 2.44. The average Bonchev–Trinajstić information content (AvgIpc) is 2.74. The summed E-state index contributed by atoms with van der Waals surface area (Å²) in [6, 6.07) is 7.43. The van der Waals surface area contributed by atoms with Crippen LogP contribution in [0.3, 0.4) is 0 Å². The maximum Gasteiger partial charge on any atom is 0.0904 e. The Balaban J connectivity index is 2.52. The number of rotatable bonds is 4. The fraction of sp³-hybridized carbons (Fsp3) is 0.250. The number of halogens is 2. The van der Waals surface area contributed by atoms with Crippen molar-refractivity contribution in [3.05, 3.63) is 51.2 Å². The number of hydrazine groups is 1. The Morgan fingerprint density at radius 3 is 2.83 bits per heavy atom. The zero-order chi connectivity index (χ0) is 13.1. The second-order valence-corrected chi connectivity index (χ2v) is 5.08. The van der Waals surface area contributed by atoms with Gasteiger partial charge in [-0.1, -0.05) is 29.8 Å². The first-order chi connectivity index (χ1) is 8.69. The van der Waals surface area contributed by atoms with E-state index < -0.39 is 0 Å². The third-order valence-corrected chi connectivity index (χ3v) is 3.74. The zero-order valence-electron chi connectivity index (χ0n) is 9.90. The van der Waals surface area contributed by atoms with E-state index in [1.165, 1.54) is 0 Å². The van der Waals surface area contributed by atoms with Crippen molar-refractivity contribution in [2.24, 2.45) is 5.84 Å². The van der Waals surface area contributed by atoms with Crippen molar-refractivity contribution < 1.29 is 0 Å². The van der Waals surface area contributed by atoms with E-state index in [9.17, 15) is 0 Å². The molecule has 18 heavy (non-hydrogen) atoms. The van der Waals surface area contributed by atoms with E-state index in [0.29, 0.717) is 5.02 Å². The highest BCUT2D eigenvalue weighted by Gasteiger charge is 2.22. The lowest BCUT2D eigenvalue weighted by atomic mass is 10.0. The van der Waals surface area contributed by atoms with E-state index in [-0.39, 0.29) is 6.04 Å². The summed E-state index contributed by atoms with van der Waals surface area (Å²) in [4.78, 5) is 0. The quantitative estimate of drug-likeness (QED) is 0.670. The minimum absolute atomic E-state index is 0.199. The highest BCUT2D eigenvalue weighted by molar-refractivity contribution is 9.10. The van der Waals surface area contributed by atoms with Crippen LogP contribution in [0.2, 0.25) is 5.02 Å². The fourth-order valence-corrected chi connectivity index (χ4v) is 2.71. The van der Waals surface area contributed by atoms with Crippen molar-refractivity contribution in [2.75, 3.05) is 0 Å². The van der Waals surface area contributed by atoms with Crippen LogP contribution in [-0.4, -0.2) is 9.78 Å². The molecule has 0 saturated heterocycles. The van der Waals surface area contributed by atoms with Crippen molar-refractivity contribution in [3.8, 4) is 0 Å². The number of hydrogen-bond acceptors (Lipinski definition) is 3. The van der Waals surface area contributed by atoms with E-state index in [4.69, 9.17) is 17.4 Å². The molecule has 0 spiro atoms. The molecule has 0 aliphatic rings. The van der Waals surface area contributed by atoms with Gasteiger partial charge in [-0.3, -0.25) is 10.5 Å². The fourth-order valence-electron chi connectivity index (χ4n) is 1.94. The third-order valence-electron chi connectivity index (χ3n) is 2.79. The normalized spacial score (nSPS) is 12.7. The number of nitrogens with one attached hydrogen (secondary N) is 1. The Hall–Kier alpha value is -0.880. The lowest BCUT2D eigenvalue weighted by Gasteiger charge is -2.19. The number of hydrogen-bond donors (Lipinski definition) is 2. The summed E-state index contributed by atoms with van der Waals surface area (Å²) in [5, 5.41) is 4.97. The van der Waals surface area contributed by atoms with Crippen LogP contribution in [0.1, 0.15) is 24.2 Å². The highest BCUT2D eigenvalue weighted by Crippen LogP contribution is 2.31. The highest BCUT2D eigenvalue weighted by atomic mass is 79.9. The summed E-state index contributed by atoms with van der Waals surface area (Å²) in [7, 11) is 0. The van der Waals surface area contributed by atoms with Gasteiger partial charge in [0.25, 0.3) is 0 Å². The van der Waals surface area contributed by atoms with Gasteiger partial charge in [0.2, 0.25) is 0 Å². The molecule has 1 unspecified atom stereocenters. The number of aryl methyl sites for hydroxylation is 1. The molecule has 0 saturated carbocycles. The number of nitrogens with two attached hydrogens (primary N) is 1. The van der Waals surface area contributed by atoms with Crippen molar-refractivity contribution in [1.29, 1.82) is 0 Å². The smallest absolute Gasteiger partial charge is 0.0904 e. The van der Waals surface area contributed by atoms with Gasteiger partial charge in [-0.05, 0) is 34.5 Å². The first-order valence-corrected chi connectivity index (χ1v) is 6.77. The summed E-state index contributed by atoms with van der Waals surface area (Å²) < 4.78 is 2.80. The minimum atomic E-state index is -0.199. The van der Waals surface area contributed by atoms with Gasteiger partial charge in [0, 0.05) is 11.6 Å². The Morgan fingerprint density at radius 2 is 2.22 bits per heavy atom. The lowest BCUT2D eigenvalue weighted by molar-refractivity contribution is 0.542. The molecule has 1 heterocycles. The molecule has 3 N–H and O–H groups in total. The Bertz CT molecular complexity index is 541. The van der Waals surface area contributed by atoms with Crippen LogP contribution >= 0.6 is 27.5 Å². The molecule has 0 amide bonds. The van der Waals surface area contributed by atoms with Gasteiger partial charge in [0.1, 0.15) is 0 Å². The predicted molar refractivity (Wildman–Crippen MR) is 76.2 cm³/mol. The van der Waals surface area contributed by atoms with Crippen LogP contribution in [0, 0.1) is 0 Å². The Kier molecular flexibility index (Phi) is 4.40. The van der Waals surface area contributed by atoms with E-state index in [0.717, 1.165) is 22.3 Å². The molecular weight excluding hydrogens is 316 g/mol. The van der Waals surface area contributed by atoms with Crippen LogP contribution in [0.5, 0.6) is 0 Å². The average molecular weight is 330 g/mol. The second-order valence-electron chi connectivity index (χ2n) is 3.81. The predicted octanol–water partition coefficient (Wildman–Crippen LogP) is 2.87. The summed E-state index contributed by atoms with van der Waals surface area (Å²) in [6.45, 7) is 2.80. The van der Waals surface area contributed by atoms with E-state index in [1.54, 1.807) is 6.20 Å². The largest absolute Gasteiger partial charge is 0.271 e. The standard InChI is InChI=1S/C12H14BrClN4/c1-2-18-12(9(13)7-16-18)11(17-15)8-5-3-4-6-10(8)14/h3-7,11,17H,2,15H2,1H3. The summed E-state index contributed by atoms with van der Waals surface area (Å²) in [5.41, 5.74) is 4.70. The molecule has 2 rings (SSSR count). The van der Waals surface area contributed by atoms with Gasteiger partial charge in [0.15, 0.2) is 0 Å². The van der Waals surface area contributed by atoms with Crippen molar-refractivity contribution in [3.63, 3.8) is 0 Å².